The molecule has 1 aliphatic heterocycles. The Labute approximate surface area is 161 Å². The van der Waals surface area contributed by atoms with Crippen molar-refractivity contribution in [3.63, 3.8) is 0 Å². The lowest BCUT2D eigenvalue weighted by Gasteiger charge is -2.38. The van der Waals surface area contributed by atoms with E-state index in [0.717, 1.165) is 78.0 Å². The van der Waals surface area contributed by atoms with Gasteiger partial charge in [0.1, 0.15) is 0 Å². The maximum Gasteiger partial charge on any atom is 0.191 e. The second-order valence-electron chi connectivity index (χ2n) is 6.84. The maximum absolute atomic E-state index is 5.54. The highest BCUT2D eigenvalue weighted by Crippen LogP contribution is 2.20. The second kappa shape index (κ2) is 15.2. The van der Waals surface area contributed by atoms with Crippen LogP contribution in [0, 0.1) is 5.92 Å². The summed E-state index contributed by atoms with van der Waals surface area (Å²) >= 11 is 0. The van der Waals surface area contributed by atoms with Crippen molar-refractivity contribution in [1.29, 1.82) is 0 Å². The Morgan fingerprint density at radius 3 is 2.42 bits per heavy atom. The Kier molecular flexibility index (Phi) is 13.6. The zero-order valence-corrected chi connectivity index (χ0v) is 17.6. The Bertz CT molecular complexity index is 356. The molecule has 6 heteroatoms. The lowest BCUT2D eigenvalue weighted by atomic mass is 9.92. The third kappa shape index (κ3) is 9.19. The summed E-state index contributed by atoms with van der Waals surface area (Å²) in [5.41, 5.74) is 0. The highest BCUT2D eigenvalue weighted by Gasteiger charge is 2.26. The molecule has 0 radical (unpaired) electrons. The van der Waals surface area contributed by atoms with Gasteiger partial charge in [-0.05, 0) is 32.6 Å². The Balaban J connectivity index is 2.56. The first-order chi connectivity index (χ1) is 12.8. The summed E-state index contributed by atoms with van der Waals surface area (Å²) in [6.45, 7) is 16.8. The molecule has 0 aromatic carbocycles. The molecule has 0 aromatic rings. The topological polar surface area (TPSA) is 58.1 Å². The number of ether oxygens (including phenoxy) is 2. The van der Waals surface area contributed by atoms with Crippen LogP contribution in [0.4, 0.5) is 0 Å². The quantitative estimate of drug-likeness (QED) is 0.296. The predicted molar refractivity (Wildman–Crippen MR) is 110 cm³/mol. The van der Waals surface area contributed by atoms with Gasteiger partial charge in [-0.1, -0.05) is 26.7 Å². The van der Waals surface area contributed by atoms with E-state index in [9.17, 15) is 0 Å². The maximum atomic E-state index is 5.54. The average molecular weight is 371 g/mol. The minimum absolute atomic E-state index is 0.502. The summed E-state index contributed by atoms with van der Waals surface area (Å²) in [6.07, 6.45) is 4.60. The number of morpholine rings is 1. The summed E-state index contributed by atoms with van der Waals surface area (Å²) in [5.74, 6) is 1.62. The van der Waals surface area contributed by atoms with Crippen LogP contribution < -0.4 is 10.6 Å². The van der Waals surface area contributed by atoms with Crippen molar-refractivity contribution < 1.29 is 9.47 Å². The second-order valence-corrected chi connectivity index (χ2v) is 6.84. The molecule has 0 spiro atoms. The molecule has 1 aliphatic rings. The number of unbranched alkanes of at least 4 members (excludes halogenated alkanes) is 1. The van der Waals surface area contributed by atoms with E-state index in [-0.39, 0.29) is 0 Å². The molecule has 0 amide bonds. The van der Waals surface area contributed by atoms with E-state index < -0.39 is 0 Å². The van der Waals surface area contributed by atoms with E-state index in [4.69, 9.17) is 14.5 Å². The van der Waals surface area contributed by atoms with Crippen LogP contribution in [-0.2, 0) is 9.47 Å². The highest BCUT2D eigenvalue weighted by atomic mass is 16.5. The van der Waals surface area contributed by atoms with Crippen molar-refractivity contribution in [1.82, 2.24) is 15.5 Å². The Hall–Kier alpha value is -0.850. The van der Waals surface area contributed by atoms with Crippen molar-refractivity contribution in [2.45, 2.75) is 59.4 Å². The lowest BCUT2D eigenvalue weighted by Crippen LogP contribution is -2.49. The number of nitrogens with zero attached hydrogens (tertiary/aromatic N) is 2. The monoisotopic (exact) mass is 370 g/mol. The smallest absolute Gasteiger partial charge is 0.191 e. The van der Waals surface area contributed by atoms with Gasteiger partial charge in [0.25, 0.3) is 0 Å². The predicted octanol–water partition coefficient (Wildman–Crippen LogP) is 2.50. The fourth-order valence-electron chi connectivity index (χ4n) is 3.51. The molecule has 1 atom stereocenters. The molecule has 1 rings (SSSR count). The molecule has 6 nitrogen and oxygen atoms in total. The van der Waals surface area contributed by atoms with Gasteiger partial charge >= 0.3 is 0 Å². The van der Waals surface area contributed by atoms with E-state index in [1.807, 2.05) is 6.92 Å². The average Bonchev–Trinajstić information content (AvgIpc) is 2.68. The fourth-order valence-corrected chi connectivity index (χ4v) is 3.51. The molecule has 0 aromatic heterocycles. The van der Waals surface area contributed by atoms with Crippen LogP contribution >= 0.6 is 0 Å². The molecule has 1 saturated heterocycles. The van der Waals surface area contributed by atoms with Crippen LogP contribution in [-0.4, -0.2) is 76.1 Å². The van der Waals surface area contributed by atoms with Crippen LogP contribution in [0.3, 0.4) is 0 Å². The molecule has 0 bridgehead atoms. The minimum atomic E-state index is 0.502. The molecule has 1 unspecified atom stereocenters. The van der Waals surface area contributed by atoms with Gasteiger partial charge in [-0.3, -0.25) is 9.89 Å². The van der Waals surface area contributed by atoms with E-state index >= 15 is 0 Å². The molecule has 154 valence electrons. The first kappa shape index (κ1) is 23.2. The van der Waals surface area contributed by atoms with Crippen LogP contribution in [0.2, 0.25) is 0 Å². The van der Waals surface area contributed by atoms with E-state index in [2.05, 4.69) is 36.3 Å². The zero-order valence-electron chi connectivity index (χ0n) is 17.6. The van der Waals surface area contributed by atoms with Crippen LogP contribution in [0.15, 0.2) is 4.99 Å². The van der Waals surface area contributed by atoms with Gasteiger partial charge in [-0.25, -0.2) is 0 Å². The molecular formula is C20H42N4O2. The van der Waals surface area contributed by atoms with Crippen LogP contribution in [0.1, 0.15) is 53.4 Å². The minimum Gasteiger partial charge on any atom is -0.382 e. The number of nitrogens with one attached hydrogen (secondary N) is 2. The van der Waals surface area contributed by atoms with Crippen molar-refractivity contribution in [2.75, 3.05) is 59.2 Å². The van der Waals surface area contributed by atoms with Crippen molar-refractivity contribution in [3.8, 4) is 0 Å². The zero-order chi connectivity index (χ0) is 19.0. The van der Waals surface area contributed by atoms with Crippen molar-refractivity contribution in [3.05, 3.63) is 0 Å². The summed E-state index contributed by atoms with van der Waals surface area (Å²) in [4.78, 5) is 7.50. The summed E-state index contributed by atoms with van der Waals surface area (Å²) in [5, 5.41) is 6.85. The summed E-state index contributed by atoms with van der Waals surface area (Å²) in [7, 11) is 0. The third-order valence-corrected chi connectivity index (χ3v) is 5.10. The first-order valence-electron chi connectivity index (χ1n) is 10.7. The van der Waals surface area contributed by atoms with E-state index in [1.54, 1.807) is 0 Å². The molecule has 0 aliphatic carbocycles. The third-order valence-electron chi connectivity index (χ3n) is 5.10. The SMILES string of the molecule is CCNC(=NCC(C(CC)CC)N1CCOCC1)NCCCCOCC. The van der Waals surface area contributed by atoms with Gasteiger partial charge in [-0.15, -0.1) is 0 Å². The van der Waals surface area contributed by atoms with Crippen molar-refractivity contribution in [2.24, 2.45) is 10.9 Å². The Morgan fingerprint density at radius 2 is 1.81 bits per heavy atom. The van der Waals surface area contributed by atoms with Gasteiger partial charge in [0.2, 0.25) is 0 Å². The van der Waals surface area contributed by atoms with Gasteiger partial charge in [0.05, 0.1) is 19.8 Å². The number of guanidine groups is 1. The van der Waals surface area contributed by atoms with Gasteiger partial charge in [-0.2, -0.15) is 0 Å². The number of hydrogen-bond donors (Lipinski definition) is 2. The largest absolute Gasteiger partial charge is 0.382 e. The normalized spacial score (nSPS) is 17.5. The van der Waals surface area contributed by atoms with Gasteiger partial charge in [0, 0.05) is 45.4 Å². The molecule has 2 N–H and O–H groups in total. The summed E-state index contributed by atoms with van der Waals surface area (Å²) < 4.78 is 10.9. The molecule has 1 heterocycles. The standard InChI is InChI=1S/C20H42N4O2/c1-5-18(6-2)19(24-12-15-26-16-13-24)17-23-20(21-7-3)22-11-9-10-14-25-8-4/h18-19H,5-17H2,1-4H3,(H2,21,22,23). The van der Waals surface area contributed by atoms with E-state index in [0.29, 0.717) is 12.0 Å². The first-order valence-corrected chi connectivity index (χ1v) is 10.7. The number of aliphatic imine (C=N–C) groups is 1. The Morgan fingerprint density at radius 1 is 1.08 bits per heavy atom. The highest BCUT2D eigenvalue weighted by molar-refractivity contribution is 5.79. The van der Waals surface area contributed by atoms with Gasteiger partial charge in [0.15, 0.2) is 5.96 Å². The summed E-state index contributed by atoms with van der Waals surface area (Å²) in [6, 6.07) is 0.502. The number of rotatable bonds is 13. The molecule has 26 heavy (non-hydrogen) atoms. The molecular weight excluding hydrogens is 328 g/mol. The molecule has 0 saturated carbocycles. The fraction of sp³-hybridized carbons (Fsp3) is 0.950. The van der Waals surface area contributed by atoms with Crippen molar-refractivity contribution >= 4 is 5.96 Å². The van der Waals surface area contributed by atoms with E-state index in [1.165, 1.54) is 12.8 Å². The molecule has 1 fully saturated rings. The van der Waals surface area contributed by atoms with Gasteiger partial charge < -0.3 is 20.1 Å². The number of hydrogen-bond acceptors (Lipinski definition) is 4. The van der Waals surface area contributed by atoms with Crippen LogP contribution in [0.5, 0.6) is 0 Å². The lowest BCUT2D eigenvalue weighted by molar-refractivity contribution is 0.00395. The van der Waals surface area contributed by atoms with Crippen LogP contribution in [0.25, 0.3) is 0 Å².